The smallest absolute Gasteiger partial charge is 0.178 e. The van der Waals surface area contributed by atoms with Crippen molar-refractivity contribution in [2.24, 2.45) is 0 Å². The first kappa shape index (κ1) is 13.9. The van der Waals surface area contributed by atoms with Gasteiger partial charge in [0.15, 0.2) is 5.65 Å². The quantitative estimate of drug-likeness (QED) is 0.458. The molecule has 3 aromatic carbocycles. The van der Waals surface area contributed by atoms with Gasteiger partial charge in [-0.1, -0.05) is 30.3 Å². The Labute approximate surface area is 143 Å². The molecule has 0 atom stereocenters. The molecule has 0 radical (unpaired) electrons. The summed E-state index contributed by atoms with van der Waals surface area (Å²) in [5.41, 5.74) is 4.41. The minimum absolute atomic E-state index is 0.730. The van der Waals surface area contributed by atoms with E-state index in [1.165, 1.54) is 0 Å². The van der Waals surface area contributed by atoms with Crippen molar-refractivity contribution in [3.8, 4) is 17.0 Å². The average Bonchev–Trinajstić information content (AvgIpc) is 3.12. The number of aromatic nitrogens is 4. The highest BCUT2D eigenvalue weighted by Crippen LogP contribution is 2.26. The van der Waals surface area contributed by atoms with Gasteiger partial charge in [-0.25, -0.2) is 4.52 Å². The Morgan fingerprint density at radius 3 is 2.56 bits per heavy atom. The third-order valence-electron chi connectivity index (χ3n) is 4.44. The van der Waals surface area contributed by atoms with Crippen LogP contribution in [0.1, 0.15) is 0 Å². The van der Waals surface area contributed by atoms with Crippen LogP contribution in [0.2, 0.25) is 0 Å². The van der Waals surface area contributed by atoms with Gasteiger partial charge in [-0.15, -0.1) is 10.2 Å². The predicted octanol–water partition coefficient (Wildman–Crippen LogP) is 4.11. The topological polar surface area (TPSA) is 52.3 Å². The van der Waals surface area contributed by atoms with E-state index in [1.54, 1.807) is 7.11 Å². The van der Waals surface area contributed by atoms with Crippen molar-refractivity contribution in [3.63, 3.8) is 0 Å². The summed E-state index contributed by atoms with van der Waals surface area (Å²) in [4.78, 5) is 0. The SMILES string of the molecule is COc1ccc(-c2cc3nnc4c5ccccc5ccc4n3n2)cc1. The van der Waals surface area contributed by atoms with Crippen molar-refractivity contribution in [1.82, 2.24) is 19.8 Å². The molecule has 0 saturated carbocycles. The summed E-state index contributed by atoms with van der Waals surface area (Å²) in [6.07, 6.45) is 0. The van der Waals surface area contributed by atoms with E-state index in [0.717, 1.165) is 44.5 Å². The van der Waals surface area contributed by atoms with Gasteiger partial charge in [0.1, 0.15) is 11.3 Å². The molecule has 0 aliphatic rings. The average molecular weight is 326 g/mol. The highest BCUT2D eigenvalue weighted by molar-refractivity contribution is 6.04. The van der Waals surface area contributed by atoms with Crippen molar-refractivity contribution in [3.05, 3.63) is 66.7 Å². The van der Waals surface area contributed by atoms with Crippen LogP contribution in [0.15, 0.2) is 66.7 Å². The molecule has 0 N–H and O–H groups in total. The first-order chi connectivity index (χ1) is 12.3. The summed E-state index contributed by atoms with van der Waals surface area (Å²) in [6.45, 7) is 0. The number of rotatable bonds is 2. The number of methoxy groups -OCH3 is 1. The number of benzene rings is 3. The van der Waals surface area contributed by atoms with Gasteiger partial charge in [0.25, 0.3) is 0 Å². The van der Waals surface area contributed by atoms with Gasteiger partial charge < -0.3 is 4.74 Å². The Morgan fingerprint density at radius 1 is 0.880 bits per heavy atom. The molecule has 2 aromatic heterocycles. The Morgan fingerprint density at radius 2 is 1.72 bits per heavy atom. The molecular weight excluding hydrogens is 312 g/mol. The maximum absolute atomic E-state index is 5.21. The van der Waals surface area contributed by atoms with Gasteiger partial charge in [-0.3, -0.25) is 0 Å². The van der Waals surface area contributed by atoms with Gasteiger partial charge in [-0.05, 0) is 35.7 Å². The molecule has 0 amide bonds. The summed E-state index contributed by atoms with van der Waals surface area (Å²) in [5, 5.41) is 15.8. The number of hydrogen-bond acceptors (Lipinski definition) is 4. The van der Waals surface area contributed by atoms with Crippen LogP contribution in [0.3, 0.4) is 0 Å². The molecule has 0 aliphatic carbocycles. The maximum atomic E-state index is 5.21. The molecule has 25 heavy (non-hydrogen) atoms. The fourth-order valence-electron chi connectivity index (χ4n) is 3.14. The zero-order valence-corrected chi connectivity index (χ0v) is 13.5. The van der Waals surface area contributed by atoms with Crippen LogP contribution in [0, 0.1) is 0 Å². The third kappa shape index (κ3) is 2.13. The molecule has 5 rings (SSSR count). The van der Waals surface area contributed by atoms with Gasteiger partial charge in [0, 0.05) is 17.0 Å². The van der Waals surface area contributed by atoms with E-state index in [-0.39, 0.29) is 0 Å². The molecule has 2 heterocycles. The van der Waals surface area contributed by atoms with Crippen LogP contribution in [-0.2, 0) is 0 Å². The number of ether oxygens (including phenoxy) is 1. The number of fused-ring (bicyclic) bond motifs is 5. The minimum atomic E-state index is 0.730. The van der Waals surface area contributed by atoms with E-state index < -0.39 is 0 Å². The largest absolute Gasteiger partial charge is 0.497 e. The van der Waals surface area contributed by atoms with E-state index >= 15 is 0 Å². The second kappa shape index (κ2) is 5.27. The molecule has 5 nitrogen and oxygen atoms in total. The number of hydrogen-bond donors (Lipinski definition) is 0. The lowest BCUT2D eigenvalue weighted by atomic mass is 10.1. The number of nitrogens with zero attached hydrogens (tertiary/aromatic N) is 4. The van der Waals surface area contributed by atoms with Crippen LogP contribution in [0.25, 0.3) is 38.7 Å². The molecule has 0 bridgehead atoms. The van der Waals surface area contributed by atoms with E-state index in [2.05, 4.69) is 28.4 Å². The van der Waals surface area contributed by atoms with Crippen molar-refractivity contribution in [2.45, 2.75) is 0 Å². The Hall–Kier alpha value is -3.47. The van der Waals surface area contributed by atoms with Crippen LogP contribution in [-0.4, -0.2) is 26.9 Å². The molecule has 0 spiro atoms. The predicted molar refractivity (Wildman–Crippen MR) is 97.8 cm³/mol. The van der Waals surface area contributed by atoms with Gasteiger partial charge in [0.05, 0.1) is 18.3 Å². The highest BCUT2D eigenvalue weighted by atomic mass is 16.5. The highest BCUT2D eigenvalue weighted by Gasteiger charge is 2.11. The standard InChI is InChI=1S/C20H14N4O/c1-25-15-9-6-14(7-10-15)17-12-19-21-22-20-16-5-3-2-4-13(16)8-11-18(20)24(19)23-17/h2-12H,1H3. The molecule has 120 valence electrons. The van der Waals surface area contributed by atoms with Crippen LogP contribution in [0.4, 0.5) is 0 Å². The molecule has 5 heteroatoms. The summed E-state index contributed by atoms with van der Waals surface area (Å²) < 4.78 is 7.07. The maximum Gasteiger partial charge on any atom is 0.178 e. The van der Waals surface area contributed by atoms with Gasteiger partial charge in [0.2, 0.25) is 0 Å². The Balaban J connectivity index is 1.75. The zero-order valence-electron chi connectivity index (χ0n) is 13.5. The molecule has 0 fully saturated rings. The molecule has 0 unspecified atom stereocenters. The summed E-state index contributed by atoms with van der Waals surface area (Å²) in [6, 6.07) is 22.1. The van der Waals surface area contributed by atoms with E-state index in [1.807, 2.05) is 53.0 Å². The van der Waals surface area contributed by atoms with E-state index in [0.29, 0.717) is 0 Å². The lowest BCUT2D eigenvalue weighted by Gasteiger charge is -2.03. The summed E-state index contributed by atoms with van der Waals surface area (Å²) >= 11 is 0. The van der Waals surface area contributed by atoms with Gasteiger partial charge >= 0.3 is 0 Å². The van der Waals surface area contributed by atoms with E-state index in [4.69, 9.17) is 9.84 Å². The second-order valence-corrected chi connectivity index (χ2v) is 5.88. The van der Waals surface area contributed by atoms with Crippen molar-refractivity contribution >= 4 is 27.5 Å². The van der Waals surface area contributed by atoms with Crippen LogP contribution >= 0.6 is 0 Å². The van der Waals surface area contributed by atoms with Crippen LogP contribution in [0.5, 0.6) is 5.75 Å². The van der Waals surface area contributed by atoms with Gasteiger partial charge in [-0.2, -0.15) is 5.10 Å². The van der Waals surface area contributed by atoms with Crippen molar-refractivity contribution < 1.29 is 4.74 Å². The normalized spacial score (nSPS) is 11.4. The van der Waals surface area contributed by atoms with E-state index in [9.17, 15) is 0 Å². The molecule has 5 aromatic rings. The van der Waals surface area contributed by atoms with Crippen molar-refractivity contribution in [2.75, 3.05) is 7.11 Å². The molecule has 0 saturated heterocycles. The van der Waals surface area contributed by atoms with Crippen LogP contribution < -0.4 is 4.74 Å². The third-order valence-corrected chi connectivity index (χ3v) is 4.44. The Kier molecular flexibility index (Phi) is 2.94. The fourth-order valence-corrected chi connectivity index (χ4v) is 3.14. The lowest BCUT2D eigenvalue weighted by molar-refractivity contribution is 0.415. The first-order valence-electron chi connectivity index (χ1n) is 8.02. The summed E-state index contributed by atoms with van der Waals surface area (Å²) in [5.74, 6) is 0.823. The minimum Gasteiger partial charge on any atom is -0.497 e. The fraction of sp³-hybridized carbons (Fsp3) is 0.0500. The zero-order chi connectivity index (χ0) is 16.8. The lowest BCUT2D eigenvalue weighted by Crippen LogP contribution is -1.96. The second-order valence-electron chi connectivity index (χ2n) is 5.88. The molecule has 0 aliphatic heterocycles. The Bertz CT molecular complexity index is 1230. The summed E-state index contributed by atoms with van der Waals surface area (Å²) in [7, 11) is 1.66. The first-order valence-corrected chi connectivity index (χ1v) is 8.02. The van der Waals surface area contributed by atoms with Crippen molar-refractivity contribution in [1.29, 1.82) is 0 Å². The monoisotopic (exact) mass is 326 g/mol. The molecular formula is C20H14N4O.